The Labute approximate surface area is 91.4 Å². The molecule has 0 amide bonds. The van der Waals surface area contributed by atoms with Crippen LogP contribution in [0.25, 0.3) is 0 Å². The number of hydrogen-bond acceptors (Lipinski definition) is 3. The monoisotopic (exact) mass is 218 g/mol. The predicted molar refractivity (Wildman–Crippen MR) is 61.8 cm³/mol. The van der Waals surface area contributed by atoms with E-state index in [1.54, 1.807) is 0 Å². The molecule has 0 bridgehead atoms. The molecule has 0 aliphatic carbocycles. The highest BCUT2D eigenvalue weighted by Gasteiger charge is 2.38. The van der Waals surface area contributed by atoms with Crippen molar-refractivity contribution in [3.8, 4) is 0 Å². The Balaban J connectivity index is 2.39. The van der Waals surface area contributed by atoms with Gasteiger partial charge in [0.15, 0.2) is 0 Å². The molecule has 1 atom stereocenters. The van der Waals surface area contributed by atoms with Crippen molar-refractivity contribution in [3.05, 3.63) is 0 Å². The van der Waals surface area contributed by atoms with Gasteiger partial charge in [0, 0.05) is 12.4 Å². The molecule has 1 heterocycles. The number of aliphatic hydroxyl groups is 1. The van der Waals surface area contributed by atoms with Gasteiger partial charge in [-0.25, -0.2) is 0 Å². The van der Waals surface area contributed by atoms with E-state index in [4.69, 9.17) is 4.74 Å². The topological polar surface area (TPSA) is 29.5 Å². The standard InChI is InChI=1S/C11H22O2S/c1-4-5-13-7-11(12)6-10(2,3)8-14-9-11/h12H,4-9H2,1-3H3. The minimum absolute atomic E-state index is 0.243. The van der Waals surface area contributed by atoms with Crippen LogP contribution >= 0.6 is 11.8 Å². The van der Waals surface area contributed by atoms with Crippen LogP contribution < -0.4 is 0 Å². The highest BCUT2D eigenvalue weighted by Crippen LogP contribution is 2.39. The number of thioether (sulfide) groups is 1. The van der Waals surface area contributed by atoms with Crippen LogP contribution in [0.1, 0.15) is 33.6 Å². The summed E-state index contributed by atoms with van der Waals surface area (Å²) in [7, 11) is 0. The summed E-state index contributed by atoms with van der Waals surface area (Å²) in [5.41, 5.74) is -0.352. The molecule has 3 heteroatoms. The van der Waals surface area contributed by atoms with Crippen molar-refractivity contribution in [3.63, 3.8) is 0 Å². The van der Waals surface area contributed by atoms with Crippen molar-refractivity contribution in [2.75, 3.05) is 24.7 Å². The van der Waals surface area contributed by atoms with Gasteiger partial charge in [-0.05, 0) is 24.0 Å². The summed E-state index contributed by atoms with van der Waals surface area (Å²) in [4.78, 5) is 0. The van der Waals surface area contributed by atoms with Crippen LogP contribution in [0.5, 0.6) is 0 Å². The fourth-order valence-electron chi connectivity index (χ4n) is 2.01. The molecule has 14 heavy (non-hydrogen) atoms. The second-order valence-electron chi connectivity index (χ2n) is 5.11. The molecule has 0 aromatic carbocycles. The summed E-state index contributed by atoms with van der Waals surface area (Å²) in [6.45, 7) is 7.77. The zero-order valence-electron chi connectivity index (χ0n) is 9.51. The minimum Gasteiger partial charge on any atom is -0.387 e. The smallest absolute Gasteiger partial charge is 0.0975 e. The molecular weight excluding hydrogens is 196 g/mol. The van der Waals surface area contributed by atoms with Gasteiger partial charge in [-0.2, -0.15) is 11.8 Å². The zero-order valence-corrected chi connectivity index (χ0v) is 10.3. The van der Waals surface area contributed by atoms with E-state index in [1.165, 1.54) is 0 Å². The van der Waals surface area contributed by atoms with Gasteiger partial charge in [0.25, 0.3) is 0 Å². The first-order valence-electron chi connectivity index (χ1n) is 5.35. The molecule has 1 rings (SSSR count). The van der Waals surface area contributed by atoms with Crippen molar-refractivity contribution in [1.82, 2.24) is 0 Å². The van der Waals surface area contributed by atoms with Gasteiger partial charge < -0.3 is 9.84 Å². The third-order valence-corrected chi connectivity index (χ3v) is 4.12. The molecular formula is C11H22O2S. The molecule has 2 nitrogen and oxygen atoms in total. The second kappa shape index (κ2) is 4.86. The lowest BCUT2D eigenvalue weighted by Crippen LogP contribution is -2.46. The molecule has 1 aliphatic rings. The molecule has 0 aromatic heterocycles. The van der Waals surface area contributed by atoms with E-state index in [2.05, 4.69) is 20.8 Å². The van der Waals surface area contributed by atoms with Crippen LogP contribution in [0.4, 0.5) is 0 Å². The van der Waals surface area contributed by atoms with E-state index in [-0.39, 0.29) is 5.41 Å². The molecule has 0 aromatic rings. The van der Waals surface area contributed by atoms with E-state index in [9.17, 15) is 5.11 Å². The van der Waals surface area contributed by atoms with E-state index in [1.807, 2.05) is 11.8 Å². The van der Waals surface area contributed by atoms with Gasteiger partial charge in [-0.1, -0.05) is 20.8 Å². The van der Waals surface area contributed by atoms with Crippen molar-refractivity contribution in [2.24, 2.45) is 5.41 Å². The Kier molecular flexibility index (Phi) is 4.29. The first kappa shape index (κ1) is 12.3. The summed E-state index contributed by atoms with van der Waals surface area (Å²) in [5, 5.41) is 10.3. The molecule has 1 N–H and O–H groups in total. The maximum Gasteiger partial charge on any atom is 0.0975 e. The van der Waals surface area contributed by atoms with Gasteiger partial charge in [0.1, 0.15) is 0 Å². The number of ether oxygens (including phenoxy) is 1. The molecule has 0 radical (unpaired) electrons. The van der Waals surface area contributed by atoms with Crippen molar-refractivity contribution >= 4 is 11.8 Å². The first-order chi connectivity index (χ1) is 6.47. The van der Waals surface area contributed by atoms with Gasteiger partial charge >= 0.3 is 0 Å². The molecule has 1 fully saturated rings. The largest absolute Gasteiger partial charge is 0.387 e. The van der Waals surface area contributed by atoms with Crippen LogP contribution in [0.2, 0.25) is 0 Å². The van der Waals surface area contributed by atoms with Crippen molar-refractivity contribution in [1.29, 1.82) is 0 Å². The average Bonchev–Trinajstić information content (AvgIpc) is 2.01. The lowest BCUT2D eigenvalue weighted by atomic mass is 9.82. The van der Waals surface area contributed by atoms with Crippen LogP contribution in [0.15, 0.2) is 0 Å². The van der Waals surface area contributed by atoms with E-state index >= 15 is 0 Å². The molecule has 1 unspecified atom stereocenters. The third-order valence-electron chi connectivity index (χ3n) is 2.39. The number of rotatable bonds is 4. The van der Waals surface area contributed by atoms with E-state index < -0.39 is 5.60 Å². The number of hydrogen-bond donors (Lipinski definition) is 1. The van der Waals surface area contributed by atoms with Crippen molar-refractivity contribution < 1.29 is 9.84 Å². The Morgan fingerprint density at radius 1 is 1.36 bits per heavy atom. The fourth-order valence-corrected chi connectivity index (χ4v) is 3.33. The van der Waals surface area contributed by atoms with Gasteiger partial charge in [0.2, 0.25) is 0 Å². The lowest BCUT2D eigenvalue weighted by molar-refractivity contribution is -0.0551. The highest BCUT2D eigenvalue weighted by molar-refractivity contribution is 7.99. The molecule has 1 aliphatic heterocycles. The summed E-state index contributed by atoms with van der Waals surface area (Å²) in [6.07, 6.45) is 1.88. The van der Waals surface area contributed by atoms with Gasteiger partial charge in [-0.3, -0.25) is 0 Å². The zero-order chi connectivity index (χ0) is 10.7. The fraction of sp³-hybridized carbons (Fsp3) is 1.00. The molecule has 84 valence electrons. The summed E-state index contributed by atoms with van der Waals surface area (Å²) in [6, 6.07) is 0. The summed E-state index contributed by atoms with van der Waals surface area (Å²) >= 11 is 1.84. The first-order valence-corrected chi connectivity index (χ1v) is 6.51. The SMILES string of the molecule is CCCOCC1(O)CSCC(C)(C)C1. The minimum atomic E-state index is -0.596. The Bertz CT molecular complexity index is 182. The maximum absolute atomic E-state index is 10.3. The molecule has 0 saturated carbocycles. The van der Waals surface area contributed by atoms with Crippen molar-refractivity contribution in [2.45, 2.75) is 39.2 Å². The van der Waals surface area contributed by atoms with E-state index in [0.29, 0.717) is 6.61 Å². The van der Waals surface area contributed by atoms with Crippen LogP contribution in [-0.2, 0) is 4.74 Å². The summed E-state index contributed by atoms with van der Waals surface area (Å²) < 4.78 is 5.46. The van der Waals surface area contributed by atoms with Crippen LogP contribution in [0, 0.1) is 5.41 Å². The highest BCUT2D eigenvalue weighted by atomic mass is 32.2. The second-order valence-corrected chi connectivity index (χ2v) is 6.10. The average molecular weight is 218 g/mol. The Morgan fingerprint density at radius 3 is 2.64 bits per heavy atom. The Morgan fingerprint density at radius 2 is 2.07 bits per heavy atom. The van der Waals surface area contributed by atoms with Gasteiger partial charge in [0.05, 0.1) is 12.2 Å². The van der Waals surface area contributed by atoms with Crippen LogP contribution in [0.3, 0.4) is 0 Å². The predicted octanol–water partition coefficient (Wildman–Crippen LogP) is 2.31. The lowest BCUT2D eigenvalue weighted by Gasteiger charge is -2.40. The van der Waals surface area contributed by atoms with Gasteiger partial charge in [-0.15, -0.1) is 0 Å². The van der Waals surface area contributed by atoms with E-state index in [0.717, 1.165) is 31.0 Å². The molecule has 1 saturated heterocycles. The normalized spacial score (nSPS) is 31.7. The summed E-state index contributed by atoms with van der Waals surface area (Å²) in [5.74, 6) is 1.96. The Hall–Kier alpha value is 0.270. The molecule has 0 spiro atoms. The third kappa shape index (κ3) is 3.79. The van der Waals surface area contributed by atoms with Crippen LogP contribution in [-0.4, -0.2) is 35.4 Å². The quantitative estimate of drug-likeness (QED) is 0.734. The maximum atomic E-state index is 10.3.